The Labute approximate surface area is 171 Å². The van der Waals surface area contributed by atoms with Gasteiger partial charge in [-0.25, -0.2) is 4.99 Å². The third kappa shape index (κ3) is 4.49. The summed E-state index contributed by atoms with van der Waals surface area (Å²) in [5.74, 6) is 0.594. The fourth-order valence-corrected chi connectivity index (χ4v) is 4.31. The molecule has 134 valence electrons. The van der Waals surface area contributed by atoms with Crippen molar-refractivity contribution < 1.29 is 14.6 Å². The van der Waals surface area contributed by atoms with Crippen molar-refractivity contribution in [1.82, 2.24) is 5.32 Å². The van der Waals surface area contributed by atoms with Gasteiger partial charge < -0.3 is 15.2 Å². The van der Waals surface area contributed by atoms with Crippen molar-refractivity contribution >= 4 is 66.5 Å². The molecule has 1 fully saturated rings. The van der Waals surface area contributed by atoms with Crippen LogP contribution in [0.25, 0.3) is 6.08 Å². The summed E-state index contributed by atoms with van der Waals surface area (Å²) in [6.45, 7) is 2.53. The van der Waals surface area contributed by atoms with Crippen molar-refractivity contribution in [2.75, 3.05) is 6.61 Å². The molecule has 0 spiro atoms. The number of phenolic OH excluding ortho intramolecular Hbond substituents is 1. The molecule has 2 N–H and O–H groups in total. The monoisotopic (exact) mass is 496 g/mol. The number of phenols is 1. The van der Waals surface area contributed by atoms with Gasteiger partial charge in [-0.3, -0.25) is 4.79 Å². The highest BCUT2D eigenvalue weighted by Crippen LogP contribution is 2.36. The minimum absolute atomic E-state index is 0.0750. The molecule has 0 atom stereocenters. The maximum atomic E-state index is 12.2. The van der Waals surface area contributed by atoms with Gasteiger partial charge in [0.25, 0.3) is 5.91 Å². The van der Waals surface area contributed by atoms with Gasteiger partial charge in [0.15, 0.2) is 5.17 Å². The number of nitrogens with zero attached hydrogens (tertiary/aromatic N) is 1. The van der Waals surface area contributed by atoms with Gasteiger partial charge in [-0.2, -0.15) is 0 Å². The van der Waals surface area contributed by atoms with Crippen LogP contribution in [-0.4, -0.2) is 22.8 Å². The standard InChI is InChI=1S/C18H14Br2N2O3S/c1-2-25-13-5-3-12(4-6-13)21-18-22-17(24)15(26-18)8-10-7-11(19)9-14(20)16(10)23/h3-9,23H,2H2,1H3,(H,21,22,24)/b15-8-. The molecular formula is C18H14Br2N2O3S. The molecule has 3 rings (SSSR count). The summed E-state index contributed by atoms with van der Waals surface area (Å²) in [6.07, 6.45) is 1.63. The zero-order valence-electron chi connectivity index (χ0n) is 13.6. The molecule has 0 aliphatic carbocycles. The van der Waals surface area contributed by atoms with Crippen molar-refractivity contribution in [2.24, 2.45) is 4.99 Å². The number of aliphatic imine (C=N–C) groups is 1. The Morgan fingerprint density at radius 3 is 2.69 bits per heavy atom. The van der Waals surface area contributed by atoms with Gasteiger partial charge >= 0.3 is 0 Å². The number of benzene rings is 2. The number of rotatable bonds is 4. The van der Waals surface area contributed by atoms with Crippen LogP contribution >= 0.6 is 43.6 Å². The second-order valence-corrected chi connectivity index (χ2v) is 8.03. The van der Waals surface area contributed by atoms with Crippen LogP contribution in [0.15, 0.2) is 55.2 Å². The van der Waals surface area contributed by atoms with Crippen LogP contribution in [0.5, 0.6) is 11.5 Å². The second kappa shape index (κ2) is 8.28. The third-order valence-electron chi connectivity index (χ3n) is 3.37. The van der Waals surface area contributed by atoms with Crippen LogP contribution in [0.1, 0.15) is 12.5 Å². The number of amidine groups is 1. The third-order valence-corrected chi connectivity index (χ3v) is 5.35. The molecule has 0 unspecified atom stereocenters. The molecule has 26 heavy (non-hydrogen) atoms. The normalized spacial score (nSPS) is 17.0. The Balaban J connectivity index is 1.82. The first-order valence-electron chi connectivity index (χ1n) is 7.66. The molecule has 5 nitrogen and oxygen atoms in total. The zero-order chi connectivity index (χ0) is 18.7. The van der Waals surface area contributed by atoms with E-state index in [4.69, 9.17) is 4.74 Å². The number of aromatic hydroxyl groups is 1. The lowest BCUT2D eigenvalue weighted by Gasteiger charge is -2.03. The van der Waals surface area contributed by atoms with E-state index in [1.54, 1.807) is 18.2 Å². The minimum Gasteiger partial charge on any atom is -0.506 e. The number of hydrogen-bond acceptors (Lipinski definition) is 5. The molecule has 1 aliphatic rings. The van der Waals surface area contributed by atoms with Crippen molar-refractivity contribution in [3.8, 4) is 11.5 Å². The van der Waals surface area contributed by atoms with E-state index in [9.17, 15) is 9.90 Å². The highest BCUT2D eigenvalue weighted by atomic mass is 79.9. The van der Waals surface area contributed by atoms with Gasteiger partial charge in [-0.15, -0.1) is 0 Å². The number of thioether (sulfide) groups is 1. The average Bonchev–Trinajstić information content (AvgIpc) is 2.93. The van der Waals surface area contributed by atoms with Gasteiger partial charge in [-0.1, -0.05) is 15.9 Å². The Hall–Kier alpha value is -1.77. The lowest BCUT2D eigenvalue weighted by atomic mass is 10.2. The molecule has 8 heteroatoms. The van der Waals surface area contributed by atoms with Crippen molar-refractivity contribution in [3.05, 3.63) is 55.8 Å². The molecule has 2 aromatic carbocycles. The number of hydrogen-bond donors (Lipinski definition) is 2. The molecule has 0 aromatic heterocycles. The smallest absolute Gasteiger partial charge is 0.264 e. The van der Waals surface area contributed by atoms with E-state index < -0.39 is 0 Å². The Kier molecular flexibility index (Phi) is 6.05. The van der Waals surface area contributed by atoms with Crippen molar-refractivity contribution in [1.29, 1.82) is 0 Å². The minimum atomic E-state index is -0.254. The molecule has 1 heterocycles. The fourth-order valence-electron chi connectivity index (χ4n) is 2.22. The molecule has 0 saturated carbocycles. The number of ether oxygens (including phenoxy) is 1. The summed E-state index contributed by atoms with van der Waals surface area (Å²) in [7, 11) is 0. The van der Waals surface area contributed by atoms with Crippen LogP contribution in [0, 0.1) is 0 Å². The summed E-state index contributed by atoms with van der Waals surface area (Å²) in [5, 5.41) is 13.4. The van der Waals surface area contributed by atoms with E-state index in [0.717, 1.165) is 10.2 Å². The summed E-state index contributed by atoms with van der Waals surface area (Å²) in [5.41, 5.74) is 1.25. The zero-order valence-corrected chi connectivity index (χ0v) is 17.6. The largest absolute Gasteiger partial charge is 0.506 e. The lowest BCUT2D eigenvalue weighted by molar-refractivity contribution is -0.115. The summed E-state index contributed by atoms with van der Waals surface area (Å²) >= 11 is 7.88. The van der Waals surface area contributed by atoms with Gasteiger partial charge in [0, 0.05) is 10.0 Å². The van der Waals surface area contributed by atoms with Gasteiger partial charge in [-0.05, 0) is 77.1 Å². The molecule has 2 aromatic rings. The molecule has 1 saturated heterocycles. The van der Waals surface area contributed by atoms with Crippen LogP contribution in [-0.2, 0) is 4.79 Å². The predicted octanol–water partition coefficient (Wildman–Crippen LogP) is 5.21. The Bertz CT molecular complexity index is 911. The Morgan fingerprint density at radius 2 is 2.00 bits per heavy atom. The highest BCUT2D eigenvalue weighted by molar-refractivity contribution is 9.11. The van der Waals surface area contributed by atoms with Crippen molar-refractivity contribution in [3.63, 3.8) is 0 Å². The molecule has 1 amide bonds. The highest BCUT2D eigenvalue weighted by Gasteiger charge is 2.24. The molecule has 0 bridgehead atoms. The summed E-state index contributed by atoms with van der Waals surface area (Å²) in [4.78, 5) is 17.1. The molecule has 1 aliphatic heterocycles. The van der Waals surface area contributed by atoms with Crippen molar-refractivity contribution in [2.45, 2.75) is 6.92 Å². The van der Waals surface area contributed by atoms with Gasteiger partial charge in [0.05, 0.1) is 21.7 Å². The van der Waals surface area contributed by atoms with E-state index in [1.165, 1.54) is 11.8 Å². The number of carbonyl (C=O) groups excluding carboxylic acids is 1. The first-order valence-corrected chi connectivity index (χ1v) is 10.1. The molecule has 0 radical (unpaired) electrons. The summed E-state index contributed by atoms with van der Waals surface area (Å²) < 4.78 is 6.74. The van der Waals surface area contributed by atoms with Gasteiger partial charge in [0.2, 0.25) is 0 Å². The SMILES string of the molecule is CCOc1ccc(N=C2NC(=O)/C(=C/c3cc(Br)cc(Br)c3O)S2)cc1. The van der Waals surface area contributed by atoms with Gasteiger partial charge in [0.1, 0.15) is 11.5 Å². The van der Waals surface area contributed by atoms with Crippen LogP contribution in [0.2, 0.25) is 0 Å². The van der Waals surface area contributed by atoms with E-state index in [0.29, 0.717) is 32.4 Å². The number of nitrogens with one attached hydrogen (secondary N) is 1. The average molecular weight is 498 g/mol. The quantitative estimate of drug-likeness (QED) is 0.569. The maximum Gasteiger partial charge on any atom is 0.264 e. The fraction of sp³-hybridized carbons (Fsp3) is 0.111. The van der Waals surface area contributed by atoms with E-state index in [-0.39, 0.29) is 11.7 Å². The maximum absolute atomic E-state index is 12.2. The first kappa shape index (κ1) is 19.0. The Morgan fingerprint density at radius 1 is 1.27 bits per heavy atom. The lowest BCUT2D eigenvalue weighted by Crippen LogP contribution is -2.19. The predicted molar refractivity (Wildman–Crippen MR) is 112 cm³/mol. The topological polar surface area (TPSA) is 70.9 Å². The van der Waals surface area contributed by atoms with Crippen LogP contribution < -0.4 is 10.1 Å². The van der Waals surface area contributed by atoms with E-state index in [1.807, 2.05) is 31.2 Å². The molecular weight excluding hydrogens is 484 g/mol. The van der Waals surface area contributed by atoms with E-state index >= 15 is 0 Å². The van der Waals surface area contributed by atoms with E-state index in [2.05, 4.69) is 42.2 Å². The number of carbonyl (C=O) groups is 1. The number of halogens is 2. The number of amides is 1. The first-order chi connectivity index (χ1) is 12.5. The van der Waals surface area contributed by atoms with Crippen LogP contribution in [0.4, 0.5) is 5.69 Å². The van der Waals surface area contributed by atoms with Crippen LogP contribution in [0.3, 0.4) is 0 Å². The summed E-state index contributed by atoms with van der Waals surface area (Å²) in [6, 6.07) is 10.8. The second-order valence-electron chi connectivity index (χ2n) is 5.23.